The van der Waals surface area contributed by atoms with E-state index in [1.807, 2.05) is 0 Å². The van der Waals surface area contributed by atoms with E-state index in [1.165, 1.54) is 24.0 Å². The summed E-state index contributed by atoms with van der Waals surface area (Å²) in [6.07, 6.45) is 11.2. The zero-order valence-corrected chi connectivity index (χ0v) is 19.1. The third-order valence-corrected chi connectivity index (χ3v) is 9.09. The van der Waals surface area contributed by atoms with Gasteiger partial charge in [-0.05, 0) is 56.8 Å². The molecular weight excluding hydrogens is 376 g/mol. The first-order valence-corrected chi connectivity index (χ1v) is 12.0. The lowest BCUT2D eigenvalue weighted by atomic mass is 9.44. The van der Waals surface area contributed by atoms with Gasteiger partial charge < -0.3 is 14.6 Å². The van der Waals surface area contributed by atoms with Crippen molar-refractivity contribution in [3.63, 3.8) is 0 Å². The first-order chi connectivity index (χ1) is 14.3. The number of fused-ring (bicyclic) bond motifs is 2. The maximum absolute atomic E-state index is 13.3. The summed E-state index contributed by atoms with van der Waals surface area (Å²) in [5, 5.41) is 10.9. The van der Waals surface area contributed by atoms with Crippen LogP contribution in [0.25, 0.3) is 0 Å². The molecule has 3 unspecified atom stereocenters. The van der Waals surface area contributed by atoms with E-state index in [0.717, 1.165) is 44.0 Å². The molecule has 0 spiro atoms. The summed E-state index contributed by atoms with van der Waals surface area (Å²) in [4.78, 5) is 26.1. The van der Waals surface area contributed by atoms with Crippen LogP contribution in [0.4, 0.5) is 0 Å². The number of carbonyl (C=O) groups excluding carboxylic acids is 1. The second kappa shape index (κ2) is 7.62. The van der Waals surface area contributed by atoms with E-state index in [-0.39, 0.29) is 17.8 Å². The van der Waals surface area contributed by atoms with E-state index < -0.39 is 22.2 Å². The van der Waals surface area contributed by atoms with Gasteiger partial charge in [0.1, 0.15) is 11.7 Å². The fourth-order valence-electron chi connectivity index (χ4n) is 7.94. The number of carbonyl (C=O) groups is 2. The van der Waals surface area contributed by atoms with Crippen molar-refractivity contribution in [3.05, 3.63) is 22.8 Å². The van der Waals surface area contributed by atoms with Crippen LogP contribution >= 0.6 is 0 Å². The Morgan fingerprint density at radius 1 is 1.33 bits per heavy atom. The Hall–Kier alpha value is -1.42. The van der Waals surface area contributed by atoms with Crippen molar-refractivity contribution in [2.75, 3.05) is 13.2 Å². The average Bonchev–Trinajstić information content (AvgIpc) is 3.27. The number of ether oxygens (including phenoxy) is 1. The Kier molecular flexibility index (Phi) is 5.53. The highest BCUT2D eigenvalue weighted by Gasteiger charge is 2.83. The van der Waals surface area contributed by atoms with E-state index in [9.17, 15) is 14.7 Å². The number of unbranched alkanes of at least 4 members (excludes halogenated alkanes) is 3. The van der Waals surface area contributed by atoms with Crippen LogP contribution in [0.5, 0.6) is 0 Å². The van der Waals surface area contributed by atoms with Crippen LogP contribution in [-0.4, -0.2) is 30.6 Å². The highest BCUT2D eigenvalue weighted by molar-refractivity contribution is 5.91. The van der Waals surface area contributed by atoms with Gasteiger partial charge in [0.15, 0.2) is 0 Å². The molecule has 0 heterocycles. The van der Waals surface area contributed by atoms with Crippen LogP contribution in [0, 0.1) is 34.0 Å². The number of rotatable bonds is 10. The van der Waals surface area contributed by atoms with Gasteiger partial charge in [0.2, 0.25) is 0 Å². The van der Waals surface area contributed by atoms with Crippen molar-refractivity contribution in [2.24, 2.45) is 34.0 Å². The number of aliphatic carboxylic acids is 1. The lowest BCUT2D eigenvalue weighted by Crippen LogP contribution is -2.62. The molecule has 5 atom stereocenters. The van der Waals surface area contributed by atoms with E-state index in [0.29, 0.717) is 19.6 Å². The number of carboxylic acid groups (broad SMARTS) is 1. The van der Waals surface area contributed by atoms with Crippen LogP contribution in [-0.2, 0) is 14.3 Å². The van der Waals surface area contributed by atoms with E-state index in [4.69, 9.17) is 4.74 Å². The second-order valence-corrected chi connectivity index (χ2v) is 10.6. The van der Waals surface area contributed by atoms with Crippen LogP contribution in [0.2, 0.25) is 0 Å². The Morgan fingerprint density at radius 2 is 2.10 bits per heavy atom. The summed E-state index contributed by atoms with van der Waals surface area (Å²) in [5.41, 5.74) is 1.26. The van der Waals surface area contributed by atoms with Gasteiger partial charge in [0.25, 0.3) is 0 Å². The molecular formula is C26H38O4. The Balaban J connectivity index is 1.78. The molecule has 1 N–H and O–H groups in total. The minimum Gasteiger partial charge on any atom is -0.481 e. The van der Waals surface area contributed by atoms with Gasteiger partial charge >= 0.3 is 5.97 Å². The summed E-state index contributed by atoms with van der Waals surface area (Å²) in [7, 11) is 0. The van der Waals surface area contributed by atoms with Crippen molar-refractivity contribution in [1.82, 2.24) is 0 Å². The molecule has 4 rings (SSSR count). The zero-order valence-electron chi connectivity index (χ0n) is 19.1. The molecule has 30 heavy (non-hydrogen) atoms. The van der Waals surface area contributed by atoms with E-state index in [2.05, 4.69) is 33.8 Å². The average molecular weight is 415 g/mol. The van der Waals surface area contributed by atoms with Gasteiger partial charge in [-0.1, -0.05) is 62.8 Å². The molecule has 0 aromatic heterocycles. The predicted molar refractivity (Wildman–Crippen MR) is 117 cm³/mol. The molecule has 0 aromatic carbocycles. The number of carboxylic acids is 1. The number of hydrogen-bond donors (Lipinski definition) is 1. The molecule has 4 heteroatoms. The standard InChI is InChI=1S/C26H38O4/c1-5-6-7-8-11-30-16-25-14-20-18(4)9-10-21(20)24(15-27)13-19(25)12-22(17(2)3)26(24,25)23(28)29/h12,15,17,19,21H,5-11,13-14,16H2,1-4H3,(H,28,29)/t19?,21-,24?,25?,26+/m1/s1. The second-order valence-electron chi connectivity index (χ2n) is 10.6. The number of allylic oxidation sites excluding steroid dienone is 3. The van der Waals surface area contributed by atoms with Crippen molar-refractivity contribution in [3.8, 4) is 0 Å². The summed E-state index contributed by atoms with van der Waals surface area (Å²) in [5.74, 6) is -0.496. The monoisotopic (exact) mass is 414 g/mol. The largest absolute Gasteiger partial charge is 0.481 e. The first-order valence-electron chi connectivity index (χ1n) is 12.0. The number of hydrogen-bond acceptors (Lipinski definition) is 3. The third-order valence-electron chi connectivity index (χ3n) is 9.09. The zero-order chi connectivity index (χ0) is 21.7. The highest BCUT2D eigenvalue weighted by atomic mass is 16.5. The molecule has 4 nitrogen and oxygen atoms in total. The quantitative estimate of drug-likeness (QED) is 0.288. The molecule has 0 saturated heterocycles. The molecule has 0 aliphatic heterocycles. The van der Waals surface area contributed by atoms with Crippen molar-refractivity contribution in [1.29, 1.82) is 0 Å². The third kappa shape index (κ3) is 2.49. The van der Waals surface area contributed by atoms with Gasteiger partial charge in [-0.2, -0.15) is 0 Å². The molecule has 4 bridgehead atoms. The maximum Gasteiger partial charge on any atom is 0.315 e. The smallest absolute Gasteiger partial charge is 0.315 e. The molecule has 0 amide bonds. The fraction of sp³-hybridized carbons (Fsp3) is 0.769. The lowest BCUT2D eigenvalue weighted by Gasteiger charge is -2.56. The van der Waals surface area contributed by atoms with E-state index >= 15 is 0 Å². The fourth-order valence-corrected chi connectivity index (χ4v) is 7.94. The van der Waals surface area contributed by atoms with Crippen LogP contribution in [0.15, 0.2) is 22.8 Å². The molecule has 4 aliphatic rings. The molecule has 0 radical (unpaired) electrons. The SMILES string of the molecule is CCCCCCOCC12CC3=C(C)CC[C@H]3C3(C=O)CC1C=C(C(C)C)[C@@]23C(=O)O. The summed E-state index contributed by atoms with van der Waals surface area (Å²) in [6, 6.07) is 0. The van der Waals surface area contributed by atoms with Crippen molar-refractivity contribution < 1.29 is 19.4 Å². The Bertz CT molecular complexity index is 793. The normalized spacial score (nSPS) is 38.9. The topological polar surface area (TPSA) is 63.6 Å². The molecule has 166 valence electrons. The van der Waals surface area contributed by atoms with Crippen molar-refractivity contribution >= 4 is 12.3 Å². The van der Waals surface area contributed by atoms with Gasteiger partial charge in [0.05, 0.1) is 12.0 Å². The predicted octanol–water partition coefficient (Wildman–Crippen LogP) is 5.57. The highest BCUT2D eigenvalue weighted by Crippen LogP contribution is 2.82. The summed E-state index contributed by atoms with van der Waals surface area (Å²) >= 11 is 0. The van der Waals surface area contributed by atoms with Gasteiger partial charge in [-0.15, -0.1) is 0 Å². The Morgan fingerprint density at radius 3 is 2.73 bits per heavy atom. The minimum atomic E-state index is -1.12. The first kappa shape index (κ1) is 21.8. The van der Waals surface area contributed by atoms with Gasteiger partial charge in [0, 0.05) is 12.0 Å². The minimum absolute atomic E-state index is 0.0798. The lowest BCUT2D eigenvalue weighted by molar-refractivity contribution is -0.175. The summed E-state index contributed by atoms with van der Waals surface area (Å²) < 4.78 is 6.26. The van der Waals surface area contributed by atoms with Crippen LogP contribution in [0.3, 0.4) is 0 Å². The van der Waals surface area contributed by atoms with E-state index in [1.54, 1.807) is 0 Å². The maximum atomic E-state index is 13.3. The molecule has 0 aromatic rings. The summed E-state index contributed by atoms with van der Waals surface area (Å²) in [6.45, 7) is 9.67. The van der Waals surface area contributed by atoms with Crippen LogP contribution < -0.4 is 0 Å². The van der Waals surface area contributed by atoms with Gasteiger partial charge in [-0.25, -0.2) is 0 Å². The molecule has 2 saturated carbocycles. The van der Waals surface area contributed by atoms with Crippen LogP contribution in [0.1, 0.15) is 79.1 Å². The van der Waals surface area contributed by atoms with Gasteiger partial charge in [-0.3, -0.25) is 4.79 Å². The number of aldehydes is 1. The Labute approximate surface area is 181 Å². The molecule has 2 fully saturated rings. The molecule has 4 aliphatic carbocycles. The van der Waals surface area contributed by atoms with Crippen molar-refractivity contribution in [2.45, 2.75) is 79.1 Å².